The number of piperazine rings is 1. The van der Waals surface area contributed by atoms with Crippen LogP contribution < -0.4 is 5.32 Å². The maximum atomic E-state index is 12.6. The molecule has 0 spiro atoms. The third kappa shape index (κ3) is 1.91. The molecule has 3 fully saturated rings. The van der Waals surface area contributed by atoms with Gasteiger partial charge in [-0.25, -0.2) is 0 Å². The van der Waals surface area contributed by atoms with Crippen LogP contribution in [0.1, 0.15) is 46.0 Å². The lowest BCUT2D eigenvalue weighted by atomic mass is 10.0. The number of rotatable bonds is 2. The number of nitrogens with zero attached hydrogens (tertiary/aromatic N) is 1. The molecule has 1 N–H and O–H groups in total. The first kappa shape index (κ1) is 12.0. The Morgan fingerprint density at radius 2 is 1.83 bits per heavy atom. The van der Waals surface area contributed by atoms with Gasteiger partial charge in [0.15, 0.2) is 0 Å². The van der Waals surface area contributed by atoms with Crippen molar-refractivity contribution in [3.8, 4) is 0 Å². The molecule has 1 aliphatic heterocycles. The molecule has 4 heteroatoms. The van der Waals surface area contributed by atoms with Crippen LogP contribution in [0.5, 0.6) is 0 Å². The zero-order valence-electron chi connectivity index (χ0n) is 11.2. The lowest BCUT2D eigenvalue weighted by Gasteiger charge is -2.41. The second-order valence-electron chi connectivity index (χ2n) is 6.32. The van der Waals surface area contributed by atoms with Gasteiger partial charge >= 0.3 is 0 Å². The van der Waals surface area contributed by atoms with E-state index in [0.29, 0.717) is 11.8 Å². The summed E-state index contributed by atoms with van der Waals surface area (Å²) in [4.78, 5) is 26.5. The molecular weight excluding hydrogens is 228 g/mol. The zero-order valence-corrected chi connectivity index (χ0v) is 11.2. The minimum atomic E-state index is -0.289. The summed E-state index contributed by atoms with van der Waals surface area (Å²) in [7, 11) is 0. The summed E-state index contributed by atoms with van der Waals surface area (Å²) in [6.45, 7) is 4.09. The fourth-order valence-corrected chi connectivity index (χ4v) is 3.49. The van der Waals surface area contributed by atoms with Crippen LogP contribution in [0.3, 0.4) is 0 Å². The summed E-state index contributed by atoms with van der Waals surface area (Å²) in [5.41, 5.74) is 0. The molecule has 0 bridgehead atoms. The maximum absolute atomic E-state index is 12.6. The Bertz CT molecular complexity index is 378. The molecule has 4 nitrogen and oxygen atoms in total. The molecule has 0 aromatic heterocycles. The van der Waals surface area contributed by atoms with E-state index in [0.717, 1.165) is 25.7 Å². The zero-order chi connectivity index (χ0) is 12.9. The van der Waals surface area contributed by atoms with Gasteiger partial charge in [0, 0.05) is 6.04 Å². The molecule has 2 amide bonds. The minimum Gasteiger partial charge on any atom is -0.342 e. The molecule has 2 aliphatic carbocycles. The van der Waals surface area contributed by atoms with E-state index >= 15 is 0 Å². The molecule has 4 atom stereocenters. The second kappa shape index (κ2) is 4.25. The molecule has 4 unspecified atom stereocenters. The van der Waals surface area contributed by atoms with Gasteiger partial charge in [0.2, 0.25) is 11.8 Å². The fraction of sp³-hybridized carbons (Fsp3) is 0.857. The van der Waals surface area contributed by atoms with Crippen molar-refractivity contribution in [2.75, 3.05) is 0 Å². The van der Waals surface area contributed by atoms with E-state index < -0.39 is 0 Å². The Labute approximate surface area is 108 Å². The minimum absolute atomic E-state index is 0.0334. The number of hydrogen-bond donors (Lipinski definition) is 1. The standard InChI is InChI=1S/C14H22N2O2/c1-8-3-6-11(7-8)16-9(2)13(17)15-12(14(16)18)10-4-5-10/h8-12H,3-7H2,1-2H3,(H,15,17). The summed E-state index contributed by atoms with van der Waals surface area (Å²) in [6, 6.07) is -0.234. The summed E-state index contributed by atoms with van der Waals surface area (Å²) < 4.78 is 0. The average Bonchev–Trinajstić information content (AvgIpc) is 3.08. The van der Waals surface area contributed by atoms with E-state index in [-0.39, 0.29) is 29.9 Å². The van der Waals surface area contributed by atoms with Crippen molar-refractivity contribution in [2.24, 2.45) is 11.8 Å². The van der Waals surface area contributed by atoms with Crippen molar-refractivity contribution in [3.05, 3.63) is 0 Å². The average molecular weight is 250 g/mol. The van der Waals surface area contributed by atoms with Crippen LogP contribution in [-0.2, 0) is 9.59 Å². The number of carbonyl (C=O) groups is 2. The smallest absolute Gasteiger partial charge is 0.246 e. The Kier molecular flexibility index (Phi) is 2.83. The van der Waals surface area contributed by atoms with Gasteiger partial charge in [-0.3, -0.25) is 9.59 Å². The van der Waals surface area contributed by atoms with Gasteiger partial charge in [0.25, 0.3) is 0 Å². The summed E-state index contributed by atoms with van der Waals surface area (Å²) in [5, 5.41) is 2.91. The van der Waals surface area contributed by atoms with Crippen molar-refractivity contribution >= 4 is 11.8 Å². The van der Waals surface area contributed by atoms with Crippen LogP contribution in [-0.4, -0.2) is 34.8 Å². The normalized spacial score (nSPS) is 41.1. The van der Waals surface area contributed by atoms with E-state index in [2.05, 4.69) is 12.2 Å². The highest BCUT2D eigenvalue weighted by Gasteiger charge is 2.48. The van der Waals surface area contributed by atoms with Gasteiger partial charge in [-0.05, 0) is 50.9 Å². The van der Waals surface area contributed by atoms with Crippen molar-refractivity contribution in [2.45, 2.75) is 64.1 Å². The van der Waals surface area contributed by atoms with Crippen molar-refractivity contribution in [3.63, 3.8) is 0 Å². The third-order valence-electron chi connectivity index (χ3n) is 4.77. The van der Waals surface area contributed by atoms with Crippen molar-refractivity contribution in [1.82, 2.24) is 10.2 Å². The van der Waals surface area contributed by atoms with Crippen LogP contribution in [0.25, 0.3) is 0 Å². The number of amides is 2. The molecule has 2 saturated carbocycles. The Morgan fingerprint density at radius 3 is 2.39 bits per heavy atom. The molecule has 0 aromatic rings. The van der Waals surface area contributed by atoms with Crippen molar-refractivity contribution in [1.29, 1.82) is 0 Å². The molecule has 100 valence electrons. The molecule has 1 saturated heterocycles. The van der Waals surface area contributed by atoms with Crippen LogP contribution in [0.15, 0.2) is 0 Å². The molecule has 0 radical (unpaired) electrons. The van der Waals surface area contributed by atoms with Gasteiger partial charge in [0.1, 0.15) is 12.1 Å². The highest BCUT2D eigenvalue weighted by Crippen LogP contribution is 2.37. The number of nitrogens with one attached hydrogen (secondary N) is 1. The summed E-state index contributed by atoms with van der Waals surface area (Å²) in [6.07, 6.45) is 5.46. The van der Waals surface area contributed by atoms with E-state index in [1.54, 1.807) is 0 Å². The molecule has 1 heterocycles. The lowest BCUT2D eigenvalue weighted by molar-refractivity contribution is -0.152. The van der Waals surface area contributed by atoms with E-state index in [1.165, 1.54) is 6.42 Å². The van der Waals surface area contributed by atoms with Gasteiger partial charge in [-0.15, -0.1) is 0 Å². The molecule has 3 rings (SSSR count). The van der Waals surface area contributed by atoms with Crippen LogP contribution in [0.4, 0.5) is 0 Å². The fourth-order valence-electron chi connectivity index (χ4n) is 3.49. The highest BCUT2D eigenvalue weighted by atomic mass is 16.2. The topological polar surface area (TPSA) is 49.4 Å². The Balaban J connectivity index is 1.80. The van der Waals surface area contributed by atoms with Crippen LogP contribution in [0, 0.1) is 11.8 Å². The Hall–Kier alpha value is -1.06. The Morgan fingerprint density at radius 1 is 1.11 bits per heavy atom. The van der Waals surface area contributed by atoms with Crippen molar-refractivity contribution < 1.29 is 9.59 Å². The van der Waals surface area contributed by atoms with Crippen LogP contribution >= 0.6 is 0 Å². The van der Waals surface area contributed by atoms with E-state index in [1.807, 2.05) is 11.8 Å². The molecule has 3 aliphatic rings. The van der Waals surface area contributed by atoms with Crippen LogP contribution in [0.2, 0.25) is 0 Å². The van der Waals surface area contributed by atoms with Gasteiger partial charge in [-0.2, -0.15) is 0 Å². The predicted molar refractivity (Wildman–Crippen MR) is 67.8 cm³/mol. The first-order valence-corrected chi connectivity index (χ1v) is 7.20. The lowest BCUT2D eigenvalue weighted by Crippen LogP contribution is -2.65. The first-order chi connectivity index (χ1) is 8.58. The van der Waals surface area contributed by atoms with E-state index in [9.17, 15) is 9.59 Å². The van der Waals surface area contributed by atoms with E-state index in [4.69, 9.17) is 0 Å². The number of hydrogen-bond acceptors (Lipinski definition) is 2. The summed E-state index contributed by atoms with van der Waals surface area (Å²) >= 11 is 0. The van der Waals surface area contributed by atoms with Gasteiger partial charge < -0.3 is 10.2 Å². The SMILES string of the molecule is CC1CCC(N2C(=O)C(C3CC3)NC(=O)C2C)C1. The van der Waals surface area contributed by atoms with Gasteiger partial charge in [0.05, 0.1) is 0 Å². The summed E-state index contributed by atoms with van der Waals surface area (Å²) in [5.74, 6) is 1.28. The number of carbonyl (C=O) groups excluding carboxylic acids is 2. The first-order valence-electron chi connectivity index (χ1n) is 7.20. The largest absolute Gasteiger partial charge is 0.342 e. The second-order valence-corrected chi connectivity index (χ2v) is 6.32. The monoisotopic (exact) mass is 250 g/mol. The molecule has 0 aromatic carbocycles. The van der Waals surface area contributed by atoms with Gasteiger partial charge in [-0.1, -0.05) is 6.92 Å². The third-order valence-corrected chi connectivity index (χ3v) is 4.77. The predicted octanol–water partition coefficient (Wildman–Crippen LogP) is 1.30. The quantitative estimate of drug-likeness (QED) is 0.803. The highest BCUT2D eigenvalue weighted by molar-refractivity contribution is 5.97. The maximum Gasteiger partial charge on any atom is 0.246 e. The molecule has 18 heavy (non-hydrogen) atoms. The molecular formula is C14H22N2O2.